The first-order valence-corrected chi connectivity index (χ1v) is 5.63. The molecule has 0 aliphatic carbocycles. The fourth-order valence-electron chi connectivity index (χ4n) is 1.45. The zero-order valence-corrected chi connectivity index (χ0v) is 9.54. The van der Waals surface area contributed by atoms with Gasteiger partial charge in [0.05, 0.1) is 12.7 Å². The molecule has 0 bridgehead atoms. The average molecular weight is 200 g/mol. The largest absolute Gasteiger partial charge is 0.392 e. The minimum atomic E-state index is 0.131. The molecule has 0 fully saturated rings. The number of aliphatic hydroxyl groups excluding tert-OH is 1. The van der Waals surface area contributed by atoms with Gasteiger partial charge in [-0.3, -0.25) is 0 Å². The second kappa shape index (κ2) is 10.7. The number of unbranched alkanes of at least 4 members (excludes halogenated alkanes) is 3. The van der Waals surface area contributed by atoms with Gasteiger partial charge in [-0.1, -0.05) is 44.8 Å². The van der Waals surface area contributed by atoms with Crippen molar-refractivity contribution in [2.45, 2.75) is 51.6 Å². The van der Waals surface area contributed by atoms with Crippen molar-refractivity contribution in [2.75, 3.05) is 13.7 Å². The number of aliphatic hydroxyl groups is 1. The van der Waals surface area contributed by atoms with Gasteiger partial charge in [0.15, 0.2) is 0 Å². The predicted octanol–water partition coefficient (Wildman–Crippen LogP) is 2.91. The van der Waals surface area contributed by atoms with Crippen LogP contribution >= 0.6 is 0 Å². The van der Waals surface area contributed by atoms with E-state index in [-0.39, 0.29) is 6.61 Å². The molecular weight excluding hydrogens is 176 g/mol. The Morgan fingerprint density at radius 1 is 1.21 bits per heavy atom. The van der Waals surface area contributed by atoms with Crippen LogP contribution in [0.3, 0.4) is 0 Å². The van der Waals surface area contributed by atoms with Crippen LogP contribution in [0.2, 0.25) is 0 Å². The molecule has 0 aromatic rings. The van der Waals surface area contributed by atoms with Crippen LogP contribution in [0, 0.1) is 0 Å². The predicted molar refractivity (Wildman–Crippen MR) is 60.4 cm³/mol. The minimum Gasteiger partial charge on any atom is -0.392 e. The molecule has 0 aromatic heterocycles. The Hall–Kier alpha value is -0.340. The highest BCUT2D eigenvalue weighted by atomic mass is 16.5. The summed E-state index contributed by atoms with van der Waals surface area (Å²) in [6.45, 7) is 2.35. The Labute approximate surface area is 88.0 Å². The molecule has 2 nitrogen and oxygen atoms in total. The van der Waals surface area contributed by atoms with Crippen LogP contribution in [0.4, 0.5) is 0 Å². The summed E-state index contributed by atoms with van der Waals surface area (Å²) in [7, 11) is 1.76. The maximum absolute atomic E-state index is 8.57. The van der Waals surface area contributed by atoms with Crippen molar-refractivity contribution in [1.29, 1.82) is 0 Å². The zero-order chi connectivity index (χ0) is 10.6. The van der Waals surface area contributed by atoms with Gasteiger partial charge < -0.3 is 9.84 Å². The van der Waals surface area contributed by atoms with Crippen molar-refractivity contribution in [3.05, 3.63) is 12.2 Å². The van der Waals surface area contributed by atoms with E-state index in [4.69, 9.17) is 9.84 Å². The number of ether oxygens (including phenoxy) is 1. The molecule has 0 amide bonds. The summed E-state index contributed by atoms with van der Waals surface area (Å²) in [5.74, 6) is 0. The third kappa shape index (κ3) is 8.27. The van der Waals surface area contributed by atoms with Crippen LogP contribution in [0.5, 0.6) is 0 Å². The molecular formula is C12H24O2. The van der Waals surface area contributed by atoms with Crippen molar-refractivity contribution in [1.82, 2.24) is 0 Å². The van der Waals surface area contributed by atoms with Gasteiger partial charge in [-0.2, -0.15) is 0 Å². The van der Waals surface area contributed by atoms with Crippen molar-refractivity contribution in [3.63, 3.8) is 0 Å². The molecule has 0 saturated heterocycles. The highest BCUT2D eigenvalue weighted by molar-refractivity contribution is 4.83. The summed E-state index contributed by atoms with van der Waals surface area (Å²) in [5.41, 5.74) is 0. The fourth-order valence-corrected chi connectivity index (χ4v) is 1.45. The standard InChI is InChI=1S/C12H24O2/c1-3-4-5-6-9-12(14-2)10-7-8-11-13/h7-8,12-13H,3-6,9-11H2,1-2H3. The van der Waals surface area contributed by atoms with Gasteiger partial charge in [0.25, 0.3) is 0 Å². The van der Waals surface area contributed by atoms with Gasteiger partial charge in [0, 0.05) is 7.11 Å². The average Bonchev–Trinajstić information content (AvgIpc) is 2.22. The van der Waals surface area contributed by atoms with Gasteiger partial charge in [-0.05, 0) is 12.8 Å². The zero-order valence-electron chi connectivity index (χ0n) is 9.54. The molecule has 1 N–H and O–H groups in total. The number of methoxy groups -OCH3 is 1. The third-order valence-electron chi connectivity index (χ3n) is 2.38. The molecule has 0 radical (unpaired) electrons. The van der Waals surface area contributed by atoms with E-state index in [1.807, 2.05) is 6.08 Å². The lowest BCUT2D eigenvalue weighted by molar-refractivity contribution is 0.0951. The Balaban J connectivity index is 3.42. The quantitative estimate of drug-likeness (QED) is 0.458. The SMILES string of the molecule is CCCCCCC(CC=CCO)OC. The fraction of sp³-hybridized carbons (Fsp3) is 0.833. The molecule has 1 unspecified atom stereocenters. The minimum absolute atomic E-state index is 0.131. The van der Waals surface area contributed by atoms with Crippen LogP contribution < -0.4 is 0 Å². The second-order valence-corrected chi connectivity index (χ2v) is 3.60. The van der Waals surface area contributed by atoms with E-state index in [2.05, 4.69) is 6.92 Å². The van der Waals surface area contributed by atoms with Crippen LogP contribution in [-0.2, 0) is 4.74 Å². The second-order valence-electron chi connectivity index (χ2n) is 3.60. The molecule has 0 aromatic carbocycles. The molecule has 2 heteroatoms. The van der Waals surface area contributed by atoms with E-state index < -0.39 is 0 Å². The van der Waals surface area contributed by atoms with Crippen LogP contribution in [0.25, 0.3) is 0 Å². The summed E-state index contributed by atoms with van der Waals surface area (Å²) in [5, 5.41) is 8.57. The van der Waals surface area contributed by atoms with Gasteiger partial charge in [0.2, 0.25) is 0 Å². The number of rotatable bonds is 9. The van der Waals surface area contributed by atoms with E-state index in [1.165, 1.54) is 25.7 Å². The highest BCUT2D eigenvalue weighted by Crippen LogP contribution is 2.10. The summed E-state index contributed by atoms with van der Waals surface area (Å²) >= 11 is 0. The maximum atomic E-state index is 8.57. The lowest BCUT2D eigenvalue weighted by Gasteiger charge is -2.12. The Kier molecular flexibility index (Phi) is 10.5. The number of hydrogen-bond acceptors (Lipinski definition) is 2. The smallest absolute Gasteiger partial charge is 0.0612 e. The monoisotopic (exact) mass is 200 g/mol. The summed E-state index contributed by atoms with van der Waals surface area (Å²) in [6, 6.07) is 0. The maximum Gasteiger partial charge on any atom is 0.0612 e. The normalized spacial score (nSPS) is 13.6. The number of hydrogen-bond donors (Lipinski definition) is 1. The lowest BCUT2D eigenvalue weighted by Crippen LogP contribution is -2.08. The Morgan fingerprint density at radius 3 is 2.57 bits per heavy atom. The Morgan fingerprint density at radius 2 is 2.00 bits per heavy atom. The van der Waals surface area contributed by atoms with E-state index in [0.29, 0.717) is 6.10 Å². The van der Waals surface area contributed by atoms with E-state index in [0.717, 1.165) is 12.8 Å². The van der Waals surface area contributed by atoms with Gasteiger partial charge >= 0.3 is 0 Å². The third-order valence-corrected chi connectivity index (χ3v) is 2.38. The molecule has 1 atom stereocenters. The lowest BCUT2D eigenvalue weighted by atomic mass is 10.1. The van der Waals surface area contributed by atoms with Gasteiger partial charge in [-0.15, -0.1) is 0 Å². The summed E-state index contributed by atoms with van der Waals surface area (Å²) in [6.07, 6.45) is 11.3. The van der Waals surface area contributed by atoms with E-state index >= 15 is 0 Å². The van der Waals surface area contributed by atoms with Gasteiger partial charge in [-0.25, -0.2) is 0 Å². The molecule has 14 heavy (non-hydrogen) atoms. The molecule has 0 aliphatic rings. The van der Waals surface area contributed by atoms with Gasteiger partial charge in [0.1, 0.15) is 0 Å². The van der Waals surface area contributed by atoms with Crippen molar-refractivity contribution >= 4 is 0 Å². The molecule has 0 aliphatic heterocycles. The first-order chi connectivity index (χ1) is 6.85. The van der Waals surface area contributed by atoms with E-state index in [1.54, 1.807) is 13.2 Å². The summed E-state index contributed by atoms with van der Waals surface area (Å²) in [4.78, 5) is 0. The first-order valence-electron chi connectivity index (χ1n) is 5.63. The molecule has 0 heterocycles. The highest BCUT2D eigenvalue weighted by Gasteiger charge is 2.03. The van der Waals surface area contributed by atoms with Crippen LogP contribution in [0.15, 0.2) is 12.2 Å². The Bertz CT molecular complexity index is 132. The van der Waals surface area contributed by atoms with Crippen molar-refractivity contribution < 1.29 is 9.84 Å². The van der Waals surface area contributed by atoms with Crippen LogP contribution in [0.1, 0.15) is 45.4 Å². The first kappa shape index (κ1) is 13.7. The molecule has 0 rings (SSSR count). The van der Waals surface area contributed by atoms with Crippen molar-refractivity contribution in [3.8, 4) is 0 Å². The topological polar surface area (TPSA) is 29.5 Å². The molecule has 84 valence electrons. The molecule has 0 spiro atoms. The molecule has 0 saturated carbocycles. The van der Waals surface area contributed by atoms with Crippen LogP contribution in [-0.4, -0.2) is 24.9 Å². The van der Waals surface area contributed by atoms with E-state index in [9.17, 15) is 0 Å². The summed E-state index contributed by atoms with van der Waals surface area (Å²) < 4.78 is 5.34. The van der Waals surface area contributed by atoms with Crippen molar-refractivity contribution in [2.24, 2.45) is 0 Å².